The van der Waals surface area contributed by atoms with Crippen LogP contribution in [0.3, 0.4) is 0 Å². The molecular weight excluding hydrogens is 212 g/mol. The van der Waals surface area contributed by atoms with Crippen LogP contribution in [0.5, 0.6) is 0 Å². The van der Waals surface area contributed by atoms with E-state index >= 15 is 0 Å². The molecule has 2 aliphatic rings. The average molecular weight is 238 g/mol. The highest BCUT2D eigenvalue weighted by Gasteiger charge is 2.22. The van der Waals surface area contributed by atoms with Crippen molar-refractivity contribution < 1.29 is 4.74 Å². The minimum Gasteiger partial charge on any atom is -0.387 e. The van der Waals surface area contributed by atoms with Crippen LogP contribution in [-0.2, 0) is 4.74 Å². The van der Waals surface area contributed by atoms with E-state index in [1.165, 1.54) is 32.1 Å². The second-order valence-corrected chi connectivity index (χ2v) is 5.58. The van der Waals surface area contributed by atoms with E-state index < -0.39 is 0 Å². The fourth-order valence-electron chi connectivity index (χ4n) is 3.04. The van der Waals surface area contributed by atoms with Crippen molar-refractivity contribution in [3.63, 3.8) is 0 Å². The van der Waals surface area contributed by atoms with Crippen LogP contribution in [0.15, 0.2) is 4.99 Å². The van der Waals surface area contributed by atoms with E-state index in [0.29, 0.717) is 17.9 Å². The van der Waals surface area contributed by atoms with Gasteiger partial charge >= 0.3 is 0 Å². The fourth-order valence-corrected chi connectivity index (χ4v) is 3.04. The number of ether oxygens (including phenoxy) is 1. The van der Waals surface area contributed by atoms with E-state index in [9.17, 15) is 0 Å². The van der Waals surface area contributed by atoms with E-state index in [2.05, 4.69) is 6.92 Å². The predicted octanol–water partition coefficient (Wildman–Crippen LogP) is 2.74. The molecule has 0 bridgehead atoms. The van der Waals surface area contributed by atoms with Gasteiger partial charge < -0.3 is 10.5 Å². The van der Waals surface area contributed by atoms with Crippen molar-refractivity contribution in [2.45, 2.75) is 57.9 Å². The number of nitrogens with zero attached hydrogens (tertiary/aromatic N) is 1. The molecule has 0 aromatic rings. The minimum absolute atomic E-state index is 0.376. The fraction of sp³-hybridized carbons (Fsp3) is 0.929. The number of hydrogen-bond acceptors (Lipinski definition) is 2. The van der Waals surface area contributed by atoms with E-state index in [4.69, 9.17) is 15.5 Å². The highest BCUT2D eigenvalue weighted by atomic mass is 16.5. The molecule has 1 aliphatic carbocycles. The number of nitrogens with two attached hydrogens (primary N) is 1. The molecule has 1 aliphatic heterocycles. The zero-order valence-electron chi connectivity index (χ0n) is 11.0. The van der Waals surface area contributed by atoms with E-state index in [1.807, 2.05) is 0 Å². The zero-order chi connectivity index (χ0) is 12.1. The molecule has 0 aromatic heterocycles. The van der Waals surface area contributed by atoms with E-state index in [0.717, 1.165) is 31.9 Å². The molecular formula is C14H26N2O. The molecule has 1 unspecified atom stereocenters. The summed E-state index contributed by atoms with van der Waals surface area (Å²) in [5, 5.41) is 0. The van der Waals surface area contributed by atoms with Crippen molar-refractivity contribution in [3.05, 3.63) is 0 Å². The minimum atomic E-state index is 0.376. The molecule has 3 heteroatoms. The molecule has 0 aromatic carbocycles. The number of amidine groups is 1. The molecule has 1 atom stereocenters. The van der Waals surface area contributed by atoms with Crippen molar-refractivity contribution in [1.82, 2.24) is 0 Å². The maximum absolute atomic E-state index is 6.17. The number of rotatable bonds is 3. The van der Waals surface area contributed by atoms with Crippen molar-refractivity contribution in [2.24, 2.45) is 22.6 Å². The van der Waals surface area contributed by atoms with Gasteiger partial charge in [0.25, 0.3) is 0 Å². The topological polar surface area (TPSA) is 47.6 Å². The summed E-state index contributed by atoms with van der Waals surface area (Å²) in [5.41, 5.74) is 6.17. The molecule has 1 saturated heterocycles. The van der Waals surface area contributed by atoms with Gasteiger partial charge in [0, 0.05) is 19.1 Å². The Bertz CT molecular complexity index is 253. The summed E-state index contributed by atoms with van der Waals surface area (Å²) in [5.74, 6) is 2.15. The average Bonchev–Trinajstić information content (AvgIpc) is 2.40. The van der Waals surface area contributed by atoms with Gasteiger partial charge in [-0.05, 0) is 38.5 Å². The van der Waals surface area contributed by atoms with Crippen molar-refractivity contribution in [3.8, 4) is 0 Å². The van der Waals surface area contributed by atoms with Gasteiger partial charge in [-0.3, -0.25) is 4.99 Å². The van der Waals surface area contributed by atoms with E-state index in [-0.39, 0.29) is 0 Å². The Morgan fingerprint density at radius 3 is 2.41 bits per heavy atom. The van der Waals surface area contributed by atoms with Crippen LogP contribution in [0.2, 0.25) is 0 Å². The monoisotopic (exact) mass is 238 g/mol. The van der Waals surface area contributed by atoms with Gasteiger partial charge in [-0.25, -0.2) is 0 Å². The number of aliphatic imine (C=N–C) groups is 1. The maximum atomic E-state index is 6.17. The Kier molecular flexibility index (Phi) is 4.84. The lowest BCUT2D eigenvalue weighted by atomic mass is 9.88. The Morgan fingerprint density at radius 1 is 1.12 bits per heavy atom. The smallest absolute Gasteiger partial charge is 0.0971 e. The molecule has 1 heterocycles. The van der Waals surface area contributed by atoms with Crippen LogP contribution in [0.1, 0.15) is 51.9 Å². The van der Waals surface area contributed by atoms with Crippen LogP contribution < -0.4 is 5.73 Å². The summed E-state index contributed by atoms with van der Waals surface area (Å²) < 4.78 is 5.39. The molecule has 1 saturated carbocycles. The lowest BCUT2D eigenvalue weighted by Gasteiger charge is -2.27. The molecule has 2 rings (SSSR count). The molecule has 98 valence electrons. The van der Waals surface area contributed by atoms with Crippen LogP contribution in [-0.4, -0.2) is 25.1 Å². The SMILES string of the molecule is CC(N=C(N)C1CCCCC1)C1CCOCC1. The second kappa shape index (κ2) is 6.39. The third-order valence-electron chi connectivity index (χ3n) is 4.32. The Balaban J connectivity index is 1.87. The van der Waals surface area contributed by atoms with Gasteiger partial charge in [0.05, 0.1) is 11.9 Å². The van der Waals surface area contributed by atoms with Crippen molar-refractivity contribution >= 4 is 5.84 Å². The van der Waals surface area contributed by atoms with Gasteiger partial charge in [-0.1, -0.05) is 19.3 Å². The molecule has 0 radical (unpaired) electrons. The summed E-state index contributed by atoms with van der Waals surface area (Å²) >= 11 is 0. The Hall–Kier alpha value is -0.570. The zero-order valence-corrected chi connectivity index (χ0v) is 11.0. The summed E-state index contributed by atoms with van der Waals surface area (Å²) in [6.07, 6.45) is 8.80. The summed E-state index contributed by atoms with van der Waals surface area (Å²) in [6.45, 7) is 4.01. The van der Waals surface area contributed by atoms with Gasteiger partial charge in [-0.2, -0.15) is 0 Å². The molecule has 2 N–H and O–H groups in total. The molecule has 0 spiro atoms. The van der Waals surface area contributed by atoms with E-state index in [1.54, 1.807) is 0 Å². The lowest BCUT2D eigenvalue weighted by molar-refractivity contribution is 0.0605. The van der Waals surface area contributed by atoms with Crippen molar-refractivity contribution in [1.29, 1.82) is 0 Å². The van der Waals surface area contributed by atoms with Crippen LogP contribution in [0.25, 0.3) is 0 Å². The first-order valence-corrected chi connectivity index (χ1v) is 7.18. The van der Waals surface area contributed by atoms with Gasteiger partial charge in [-0.15, -0.1) is 0 Å². The van der Waals surface area contributed by atoms with Crippen molar-refractivity contribution in [2.75, 3.05) is 13.2 Å². The Morgan fingerprint density at radius 2 is 1.76 bits per heavy atom. The summed E-state index contributed by atoms with van der Waals surface area (Å²) in [7, 11) is 0. The molecule has 3 nitrogen and oxygen atoms in total. The predicted molar refractivity (Wildman–Crippen MR) is 71.2 cm³/mol. The first-order valence-electron chi connectivity index (χ1n) is 7.18. The van der Waals surface area contributed by atoms with Crippen LogP contribution >= 0.6 is 0 Å². The highest BCUT2D eigenvalue weighted by molar-refractivity contribution is 5.83. The normalized spacial score (nSPS) is 27.0. The summed E-state index contributed by atoms with van der Waals surface area (Å²) in [6, 6.07) is 0.376. The van der Waals surface area contributed by atoms with Crippen LogP contribution in [0, 0.1) is 11.8 Å². The molecule has 2 fully saturated rings. The maximum Gasteiger partial charge on any atom is 0.0971 e. The third-order valence-corrected chi connectivity index (χ3v) is 4.32. The Labute approximate surface area is 105 Å². The molecule has 17 heavy (non-hydrogen) atoms. The van der Waals surface area contributed by atoms with Gasteiger partial charge in [0.15, 0.2) is 0 Å². The lowest BCUT2D eigenvalue weighted by Crippen LogP contribution is -2.30. The quantitative estimate of drug-likeness (QED) is 0.607. The first-order chi connectivity index (χ1) is 8.27. The number of hydrogen-bond donors (Lipinski definition) is 1. The second-order valence-electron chi connectivity index (χ2n) is 5.58. The molecule has 0 amide bonds. The van der Waals surface area contributed by atoms with Crippen LogP contribution in [0.4, 0.5) is 0 Å². The first kappa shape index (κ1) is 12.9. The van der Waals surface area contributed by atoms with Gasteiger partial charge in [0.2, 0.25) is 0 Å². The highest BCUT2D eigenvalue weighted by Crippen LogP contribution is 2.25. The largest absolute Gasteiger partial charge is 0.387 e. The summed E-state index contributed by atoms with van der Waals surface area (Å²) in [4.78, 5) is 4.76. The standard InChI is InChI=1S/C14H26N2O/c1-11(12-7-9-17-10-8-12)16-14(15)13-5-3-2-4-6-13/h11-13H,2-10H2,1H3,(H2,15,16). The third kappa shape index (κ3) is 3.70. The van der Waals surface area contributed by atoms with Gasteiger partial charge in [0.1, 0.15) is 0 Å².